The molecule has 0 unspecified atom stereocenters. The van der Waals surface area contributed by atoms with Crippen molar-refractivity contribution in [3.63, 3.8) is 0 Å². The Morgan fingerprint density at radius 3 is 3.00 bits per heavy atom. The third-order valence-corrected chi connectivity index (χ3v) is 2.46. The summed E-state index contributed by atoms with van der Waals surface area (Å²) < 4.78 is 0. The third kappa shape index (κ3) is 2.81. The normalized spacial score (nSPS) is 15.7. The minimum absolute atomic E-state index is 0.109. The highest BCUT2D eigenvalue weighted by Crippen LogP contribution is 2.29. The first-order chi connectivity index (χ1) is 7.15. The summed E-state index contributed by atoms with van der Waals surface area (Å²) in [7, 11) is 0. The van der Waals surface area contributed by atoms with Crippen LogP contribution in [0.25, 0.3) is 0 Å². The van der Waals surface area contributed by atoms with Gasteiger partial charge in [-0.05, 0) is 25.2 Å². The minimum atomic E-state index is 0.109. The molecule has 1 amide bonds. The van der Waals surface area contributed by atoms with Crippen LogP contribution in [0.1, 0.15) is 32.4 Å². The van der Waals surface area contributed by atoms with Gasteiger partial charge in [0.05, 0.1) is 0 Å². The van der Waals surface area contributed by atoms with Gasteiger partial charge in [0.25, 0.3) is 0 Å². The molecule has 2 N–H and O–H groups in total. The molecular formula is C11H17N3O. The summed E-state index contributed by atoms with van der Waals surface area (Å²) in [6.45, 7) is 4.31. The first-order valence-electron chi connectivity index (χ1n) is 5.50. The van der Waals surface area contributed by atoms with Crippen LogP contribution < -0.4 is 5.32 Å². The van der Waals surface area contributed by atoms with E-state index in [4.69, 9.17) is 0 Å². The molecule has 0 aromatic carbocycles. The summed E-state index contributed by atoms with van der Waals surface area (Å²) in [5, 5.41) is 9.82. The number of aromatic nitrogens is 2. The lowest BCUT2D eigenvalue weighted by Crippen LogP contribution is -2.13. The highest BCUT2D eigenvalue weighted by Gasteiger charge is 2.29. The van der Waals surface area contributed by atoms with Gasteiger partial charge in [0.2, 0.25) is 5.91 Å². The van der Waals surface area contributed by atoms with E-state index in [0.29, 0.717) is 11.7 Å². The number of anilines is 1. The summed E-state index contributed by atoms with van der Waals surface area (Å²) in [6, 6.07) is 1.92. The fourth-order valence-electron chi connectivity index (χ4n) is 1.54. The second-order valence-corrected chi connectivity index (χ2v) is 4.64. The number of aromatic amines is 1. The van der Waals surface area contributed by atoms with E-state index >= 15 is 0 Å². The molecule has 0 bridgehead atoms. The van der Waals surface area contributed by atoms with Crippen molar-refractivity contribution < 1.29 is 4.79 Å². The van der Waals surface area contributed by atoms with Gasteiger partial charge in [0.15, 0.2) is 5.82 Å². The molecule has 1 aromatic rings. The number of rotatable bonds is 4. The number of nitrogens with zero attached hydrogens (tertiary/aromatic N) is 1. The van der Waals surface area contributed by atoms with Crippen LogP contribution in [0.5, 0.6) is 0 Å². The fraction of sp³-hybridized carbons (Fsp3) is 0.636. The van der Waals surface area contributed by atoms with Gasteiger partial charge in [0.1, 0.15) is 0 Å². The molecule has 4 heteroatoms. The van der Waals surface area contributed by atoms with Crippen molar-refractivity contribution in [2.24, 2.45) is 11.8 Å². The van der Waals surface area contributed by atoms with Crippen molar-refractivity contribution in [2.75, 3.05) is 5.32 Å². The lowest BCUT2D eigenvalue weighted by atomic mass is 10.1. The summed E-state index contributed by atoms with van der Waals surface area (Å²) in [6.07, 6.45) is 3.01. The van der Waals surface area contributed by atoms with Gasteiger partial charge in [0, 0.05) is 17.7 Å². The number of amides is 1. The topological polar surface area (TPSA) is 57.8 Å². The third-order valence-electron chi connectivity index (χ3n) is 2.46. The highest BCUT2D eigenvalue weighted by molar-refractivity contribution is 5.93. The number of H-pyrrole nitrogens is 1. The van der Waals surface area contributed by atoms with Gasteiger partial charge in [-0.15, -0.1) is 0 Å². The lowest BCUT2D eigenvalue weighted by molar-refractivity contribution is -0.117. The fourth-order valence-corrected chi connectivity index (χ4v) is 1.54. The first-order valence-corrected chi connectivity index (χ1v) is 5.50. The van der Waals surface area contributed by atoms with Crippen molar-refractivity contribution in [1.82, 2.24) is 10.2 Å². The van der Waals surface area contributed by atoms with Crippen LogP contribution in [-0.2, 0) is 11.2 Å². The Morgan fingerprint density at radius 2 is 2.40 bits per heavy atom. The van der Waals surface area contributed by atoms with Gasteiger partial charge < -0.3 is 5.32 Å². The van der Waals surface area contributed by atoms with Gasteiger partial charge in [-0.3, -0.25) is 9.89 Å². The van der Waals surface area contributed by atoms with E-state index in [2.05, 4.69) is 29.4 Å². The zero-order valence-corrected chi connectivity index (χ0v) is 9.21. The maximum atomic E-state index is 11.4. The predicted molar refractivity (Wildman–Crippen MR) is 58.5 cm³/mol. The largest absolute Gasteiger partial charge is 0.309 e. The molecule has 2 rings (SSSR count). The van der Waals surface area contributed by atoms with Gasteiger partial charge in [-0.2, -0.15) is 5.10 Å². The molecule has 1 aromatic heterocycles. The molecule has 4 nitrogen and oxygen atoms in total. The predicted octanol–water partition coefficient (Wildman–Crippen LogP) is 1.96. The quantitative estimate of drug-likeness (QED) is 0.792. The van der Waals surface area contributed by atoms with Gasteiger partial charge in [-0.1, -0.05) is 13.8 Å². The second-order valence-electron chi connectivity index (χ2n) is 4.64. The molecule has 0 radical (unpaired) electrons. The SMILES string of the molecule is CC(C)Cc1cc(NC(=O)C2CC2)n[nH]1. The summed E-state index contributed by atoms with van der Waals surface area (Å²) in [5.74, 6) is 1.59. The van der Waals surface area contributed by atoms with Crippen molar-refractivity contribution in [2.45, 2.75) is 33.1 Å². The maximum Gasteiger partial charge on any atom is 0.228 e. The average Bonchev–Trinajstić information content (AvgIpc) is 2.90. The van der Waals surface area contributed by atoms with Crippen molar-refractivity contribution in [3.8, 4) is 0 Å². The van der Waals surface area contributed by atoms with Gasteiger partial charge >= 0.3 is 0 Å². The Bertz CT molecular complexity index is 352. The molecule has 0 aliphatic heterocycles. The molecule has 0 saturated heterocycles. The monoisotopic (exact) mass is 207 g/mol. The Morgan fingerprint density at radius 1 is 1.67 bits per heavy atom. The molecule has 1 aliphatic carbocycles. The minimum Gasteiger partial charge on any atom is -0.309 e. The van der Waals surface area contributed by atoms with Crippen molar-refractivity contribution >= 4 is 11.7 Å². The molecular weight excluding hydrogens is 190 g/mol. The van der Waals surface area contributed by atoms with E-state index in [9.17, 15) is 4.79 Å². The Kier molecular flexibility index (Phi) is 2.75. The Labute approximate surface area is 89.5 Å². The molecule has 15 heavy (non-hydrogen) atoms. The zero-order valence-electron chi connectivity index (χ0n) is 9.21. The number of nitrogens with one attached hydrogen (secondary N) is 2. The second kappa shape index (κ2) is 4.04. The number of carbonyl (C=O) groups excluding carboxylic acids is 1. The standard InChI is InChI=1S/C11H17N3O/c1-7(2)5-9-6-10(14-13-9)12-11(15)8-3-4-8/h6-8H,3-5H2,1-2H3,(H2,12,13,14,15). The zero-order chi connectivity index (χ0) is 10.8. The molecule has 1 aliphatic rings. The highest BCUT2D eigenvalue weighted by atomic mass is 16.2. The smallest absolute Gasteiger partial charge is 0.228 e. The molecule has 1 saturated carbocycles. The van der Waals surface area contributed by atoms with E-state index in [1.807, 2.05) is 6.07 Å². The van der Waals surface area contributed by atoms with Crippen LogP contribution in [0.2, 0.25) is 0 Å². The molecule has 1 fully saturated rings. The van der Waals surface area contributed by atoms with E-state index in [0.717, 1.165) is 25.0 Å². The molecule has 0 spiro atoms. The summed E-state index contributed by atoms with van der Waals surface area (Å²) >= 11 is 0. The van der Waals surface area contributed by atoms with Crippen molar-refractivity contribution in [3.05, 3.63) is 11.8 Å². The maximum absolute atomic E-state index is 11.4. The van der Waals surface area contributed by atoms with E-state index < -0.39 is 0 Å². The molecule has 82 valence electrons. The Hall–Kier alpha value is -1.32. The number of hydrogen-bond donors (Lipinski definition) is 2. The van der Waals surface area contributed by atoms with Crippen LogP contribution in [0, 0.1) is 11.8 Å². The summed E-state index contributed by atoms with van der Waals surface area (Å²) in [4.78, 5) is 11.4. The average molecular weight is 207 g/mol. The van der Waals surface area contributed by atoms with Crippen LogP contribution in [-0.4, -0.2) is 16.1 Å². The summed E-state index contributed by atoms with van der Waals surface area (Å²) in [5.41, 5.74) is 1.08. The number of carbonyl (C=O) groups is 1. The van der Waals surface area contributed by atoms with Crippen LogP contribution in [0.15, 0.2) is 6.07 Å². The van der Waals surface area contributed by atoms with E-state index in [1.54, 1.807) is 0 Å². The first kappa shape index (κ1) is 10.2. The van der Waals surface area contributed by atoms with Crippen LogP contribution in [0.4, 0.5) is 5.82 Å². The van der Waals surface area contributed by atoms with Gasteiger partial charge in [-0.25, -0.2) is 0 Å². The van der Waals surface area contributed by atoms with Crippen LogP contribution in [0.3, 0.4) is 0 Å². The Balaban J connectivity index is 1.91. The molecule has 1 heterocycles. The van der Waals surface area contributed by atoms with Crippen LogP contribution >= 0.6 is 0 Å². The number of hydrogen-bond acceptors (Lipinski definition) is 2. The van der Waals surface area contributed by atoms with E-state index in [1.165, 1.54) is 0 Å². The van der Waals surface area contributed by atoms with E-state index in [-0.39, 0.29) is 11.8 Å². The lowest BCUT2D eigenvalue weighted by Gasteiger charge is -1.99. The van der Waals surface area contributed by atoms with Crippen molar-refractivity contribution in [1.29, 1.82) is 0 Å². The molecule has 0 atom stereocenters.